The molecule has 0 saturated carbocycles. The van der Waals surface area contributed by atoms with E-state index in [1.54, 1.807) is 0 Å². The fourth-order valence-electron chi connectivity index (χ4n) is 2.82. The van der Waals surface area contributed by atoms with Crippen molar-refractivity contribution in [3.05, 3.63) is 47.3 Å². The van der Waals surface area contributed by atoms with Gasteiger partial charge < -0.3 is 19.1 Å². The van der Waals surface area contributed by atoms with E-state index < -0.39 is 5.97 Å². The molecule has 1 unspecified atom stereocenters. The Morgan fingerprint density at radius 2 is 1.86 bits per heavy atom. The first-order valence-electron chi connectivity index (χ1n) is 6.82. The van der Waals surface area contributed by atoms with E-state index in [9.17, 15) is 9.90 Å². The number of benzene rings is 1. The van der Waals surface area contributed by atoms with Gasteiger partial charge in [-0.25, -0.2) is 0 Å². The van der Waals surface area contributed by atoms with Crippen LogP contribution in [0.5, 0.6) is 11.5 Å². The molecule has 5 nitrogen and oxygen atoms in total. The van der Waals surface area contributed by atoms with E-state index in [0.29, 0.717) is 11.5 Å². The van der Waals surface area contributed by atoms with Gasteiger partial charge in [0.25, 0.3) is 0 Å². The molecule has 2 heterocycles. The summed E-state index contributed by atoms with van der Waals surface area (Å²) in [6.45, 7) is 4.17. The van der Waals surface area contributed by atoms with Crippen molar-refractivity contribution in [2.45, 2.75) is 26.3 Å². The minimum absolute atomic E-state index is 0.0238. The molecular weight excluding hydrogens is 270 g/mol. The summed E-state index contributed by atoms with van der Waals surface area (Å²) < 4.78 is 12.7. The molecule has 0 spiro atoms. The molecule has 0 aliphatic carbocycles. The van der Waals surface area contributed by atoms with Gasteiger partial charge >= 0.3 is 5.97 Å². The molecule has 21 heavy (non-hydrogen) atoms. The quantitative estimate of drug-likeness (QED) is 0.939. The summed E-state index contributed by atoms with van der Waals surface area (Å²) in [6.07, 6.45) is 0.0238. The maximum absolute atomic E-state index is 11.3. The fourth-order valence-corrected chi connectivity index (χ4v) is 2.82. The molecule has 1 aromatic carbocycles. The summed E-state index contributed by atoms with van der Waals surface area (Å²) in [5.41, 5.74) is 2.98. The van der Waals surface area contributed by atoms with Gasteiger partial charge in [0, 0.05) is 11.4 Å². The van der Waals surface area contributed by atoms with Crippen LogP contribution in [0.25, 0.3) is 0 Å². The van der Waals surface area contributed by atoms with Crippen molar-refractivity contribution in [1.82, 2.24) is 4.57 Å². The van der Waals surface area contributed by atoms with Crippen LogP contribution in [0.15, 0.2) is 30.3 Å². The van der Waals surface area contributed by atoms with E-state index >= 15 is 0 Å². The van der Waals surface area contributed by atoms with Crippen molar-refractivity contribution in [2.24, 2.45) is 0 Å². The highest BCUT2D eigenvalue weighted by Gasteiger charge is 2.23. The molecule has 1 N–H and O–H groups in total. The molecule has 2 aromatic rings. The van der Waals surface area contributed by atoms with Crippen LogP contribution in [-0.2, 0) is 4.79 Å². The van der Waals surface area contributed by atoms with Crippen molar-refractivity contribution in [3.63, 3.8) is 0 Å². The highest BCUT2D eigenvalue weighted by atomic mass is 16.7. The van der Waals surface area contributed by atoms with Gasteiger partial charge in [-0.1, -0.05) is 6.07 Å². The Balaban J connectivity index is 2.06. The van der Waals surface area contributed by atoms with Crippen LogP contribution in [-0.4, -0.2) is 22.4 Å². The van der Waals surface area contributed by atoms with Crippen LogP contribution in [0.1, 0.15) is 29.4 Å². The van der Waals surface area contributed by atoms with E-state index in [4.69, 9.17) is 9.47 Å². The number of carboxylic acid groups (broad SMARTS) is 1. The average Bonchev–Trinajstić information content (AvgIpc) is 3.02. The minimum atomic E-state index is -0.829. The van der Waals surface area contributed by atoms with Crippen molar-refractivity contribution in [3.8, 4) is 11.5 Å². The summed E-state index contributed by atoms with van der Waals surface area (Å²) in [7, 11) is 0. The number of hydrogen-bond donors (Lipinski definition) is 1. The van der Waals surface area contributed by atoms with Gasteiger partial charge in [-0.2, -0.15) is 0 Å². The van der Waals surface area contributed by atoms with E-state index in [2.05, 4.69) is 0 Å². The van der Waals surface area contributed by atoms with E-state index in [1.165, 1.54) is 0 Å². The van der Waals surface area contributed by atoms with Crippen LogP contribution in [0.3, 0.4) is 0 Å². The molecule has 0 saturated heterocycles. The summed E-state index contributed by atoms with van der Waals surface area (Å²) in [6, 6.07) is 9.34. The Kier molecular flexibility index (Phi) is 3.33. The third-order valence-electron chi connectivity index (χ3n) is 3.79. The number of carboxylic acids is 1. The third-order valence-corrected chi connectivity index (χ3v) is 3.79. The molecule has 5 heteroatoms. The zero-order valence-electron chi connectivity index (χ0n) is 12.0. The molecule has 0 fully saturated rings. The Bertz CT molecular complexity index is 670. The van der Waals surface area contributed by atoms with E-state index in [-0.39, 0.29) is 19.3 Å². The van der Waals surface area contributed by atoms with Crippen LogP contribution >= 0.6 is 0 Å². The molecule has 3 rings (SSSR count). The predicted octanol–water partition coefficient (Wildman–Crippen LogP) is 2.90. The molecule has 0 radical (unpaired) electrons. The highest BCUT2D eigenvalue weighted by molar-refractivity contribution is 5.68. The normalized spacial score (nSPS) is 14.2. The lowest BCUT2D eigenvalue weighted by Gasteiger charge is -2.22. The summed E-state index contributed by atoms with van der Waals surface area (Å²) in [4.78, 5) is 11.3. The summed E-state index contributed by atoms with van der Waals surface area (Å²) >= 11 is 0. The SMILES string of the molecule is Cc1ccc(C)n1C(CC(=O)O)c1ccc2c(c1)OCO2. The first kappa shape index (κ1) is 13.5. The number of nitrogens with zero attached hydrogens (tertiary/aromatic N) is 1. The van der Waals surface area contributed by atoms with E-state index in [0.717, 1.165) is 17.0 Å². The lowest BCUT2D eigenvalue weighted by molar-refractivity contribution is -0.137. The third kappa shape index (κ3) is 2.46. The monoisotopic (exact) mass is 287 g/mol. The molecule has 1 aliphatic heterocycles. The highest BCUT2D eigenvalue weighted by Crippen LogP contribution is 2.36. The molecular formula is C16H17NO4. The maximum atomic E-state index is 11.3. The van der Waals surface area contributed by atoms with Gasteiger partial charge in [0.05, 0.1) is 12.5 Å². The second-order valence-electron chi connectivity index (χ2n) is 5.21. The van der Waals surface area contributed by atoms with Crippen LogP contribution in [0, 0.1) is 13.8 Å². The van der Waals surface area contributed by atoms with Gasteiger partial charge in [-0.05, 0) is 43.7 Å². The minimum Gasteiger partial charge on any atom is -0.481 e. The molecule has 0 amide bonds. The summed E-state index contributed by atoms with van der Waals surface area (Å²) in [5.74, 6) is 0.546. The Morgan fingerprint density at radius 1 is 1.19 bits per heavy atom. The number of aliphatic carboxylic acids is 1. The van der Waals surface area contributed by atoms with Crippen molar-refractivity contribution < 1.29 is 19.4 Å². The van der Waals surface area contributed by atoms with Crippen molar-refractivity contribution in [1.29, 1.82) is 0 Å². The topological polar surface area (TPSA) is 60.7 Å². The second-order valence-corrected chi connectivity index (χ2v) is 5.21. The zero-order valence-corrected chi connectivity index (χ0v) is 12.0. The molecule has 1 aliphatic rings. The Hall–Kier alpha value is -2.43. The number of aromatic nitrogens is 1. The van der Waals surface area contributed by atoms with Crippen LogP contribution in [0.4, 0.5) is 0 Å². The van der Waals surface area contributed by atoms with Gasteiger partial charge in [-0.15, -0.1) is 0 Å². The lowest BCUT2D eigenvalue weighted by atomic mass is 10.0. The number of fused-ring (bicyclic) bond motifs is 1. The summed E-state index contributed by atoms with van der Waals surface area (Å²) in [5, 5.41) is 9.25. The van der Waals surface area contributed by atoms with E-state index in [1.807, 2.05) is 48.7 Å². The van der Waals surface area contributed by atoms with Gasteiger partial charge in [0.15, 0.2) is 11.5 Å². The van der Waals surface area contributed by atoms with Gasteiger partial charge in [0.2, 0.25) is 6.79 Å². The molecule has 1 atom stereocenters. The number of carbonyl (C=O) groups is 1. The molecule has 0 bridgehead atoms. The first-order valence-corrected chi connectivity index (χ1v) is 6.82. The van der Waals surface area contributed by atoms with Gasteiger partial charge in [0.1, 0.15) is 0 Å². The Morgan fingerprint density at radius 3 is 2.52 bits per heavy atom. The zero-order chi connectivity index (χ0) is 15.0. The van der Waals surface area contributed by atoms with Crippen LogP contribution in [0.2, 0.25) is 0 Å². The van der Waals surface area contributed by atoms with Crippen molar-refractivity contribution >= 4 is 5.97 Å². The smallest absolute Gasteiger partial charge is 0.305 e. The lowest BCUT2D eigenvalue weighted by Crippen LogP contribution is -2.17. The largest absolute Gasteiger partial charge is 0.481 e. The average molecular weight is 287 g/mol. The van der Waals surface area contributed by atoms with Crippen molar-refractivity contribution in [2.75, 3.05) is 6.79 Å². The first-order chi connectivity index (χ1) is 10.1. The number of rotatable bonds is 4. The van der Waals surface area contributed by atoms with Gasteiger partial charge in [-0.3, -0.25) is 4.79 Å². The number of hydrogen-bond acceptors (Lipinski definition) is 3. The maximum Gasteiger partial charge on any atom is 0.305 e. The number of ether oxygens (including phenoxy) is 2. The number of aryl methyl sites for hydroxylation is 2. The van der Waals surface area contributed by atoms with Crippen LogP contribution < -0.4 is 9.47 Å². The predicted molar refractivity (Wildman–Crippen MR) is 76.9 cm³/mol. The standard InChI is InChI=1S/C16H17NO4/c1-10-3-4-11(2)17(10)13(8-16(18)19)12-5-6-14-15(7-12)21-9-20-14/h3-7,13H,8-9H2,1-2H3,(H,18,19). The fraction of sp³-hybridized carbons (Fsp3) is 0.312. The molecule has 1 aromatic heterocycles. The molecule has 110 valence electrons. The Labute approximate surface area is 122 Å². The second kappa shape index (κ2) is 5.16.